The first-order valence-corrected chi connectivity index (χ1v) is 16.0. The van der Waals surface area contributed by atoms with E-state index in [1.807, 2.05) is 6.92 Å². The standard InChI is InChI=1S/C31H37Cl2N3O7S/c1-7-43-25-12-10-24(11-13-25)36(44(39,40)26-14-15-28(41-5)29(17-26)42-6)19-30(37)35(21(4)31(38)34-20(2)3)18-22-8-9-23(32)16-27(22)33/h8-17,20-21H,7,18-19H2,1-6H3,(H,34,38). The van der Waals surface area contributed by atoms with Crippen LogP contribution in [-0.4, -0.2) is 64.6 Å². The topological polar surface area (TPSA) is 114 Å². The Morgan fingerprint density at radius 1 is 0.909 bits per heavy atom. The van der Waals surface area contributed by atoms with Gasteiger partial charge in [-0.05, 0) is 81.8 Å². The number of rotatable bonds is 14. The fraction of sp³-hybridized carbons (Fsp3) is 0.355. The molecule has 0 radical (unpaired) electrons. The van der Waals surface area contributed by atoms with Gasteiger partial charge in [-0.15, -0.1) is 0 Å². The van der Waals surface area contributed by atoms with Crippen LogP contribution in [-0.2, 0) is 26.2 Å². The number of carbonyl (C=O) groups excluding carboxylic acids is 2. The Balaban J connectivity index is 2.10. The molecule has 0 aliphatic carbocycles. The van der Waals surface area contributed by atoms with Crippen molar-refractivity contribution in [3.05, 3.63) is 76.3 Å². The van der Waals surface area contributed by atoms with Crippen molar-refractivity contribution in [3.63, 3.8) is 0 Å². The highest BCUT2D eigenvalue weighted by Gasteiger charge is 2.33. The van der Waals surface area contributed by atoms with Crippen LogP contribution in [0, 0.1) is 0 Å². The second-order valence-corrected chi connectivity index (χ2v) is 12.8. The van der Waals surface area contributed by atoms with Gasteiger partial charge < -0.3 is 24.4 Å². The molecule has 1 unspecified atom stereocenters. The number of nitrogens with zero attached hydrogens (tertiary/aromatic N) is 2. The van der Waals surface area contributed by atoms with Gasteiger partial charge in [0.2, 0.25) is 11.8 Å². The van der Waals surface area contributed by atoms with E-state index < -0.39 is 34.4 Å². The Morgan fingerprint density at radius 3 is 2.14 bits per heavy atom. The average molecular weight is 667 g/mol. The molecule has 0 heterocycles. The number of nitrogens with one attached hydrogen (secondary N) is 1. The minimum absolute atomic E-state index is 0.0744. The number of methoxy groups -OCH3 is 2. The summed E-state index contributed by atoms with van der Waals surface area (Å²) in [6.07, 6.45) is 0. The molecule has 0 saturated heterocycles. The fourth-order valence-corrected chi connectivity index (χ4v) is 6.23. The minimum Gasteiger partial charge on any atom is -0.494 e. The van der Waals surface area contributed by atoms with Gasteiger partial charge in [0.25, 0.3) is 10.0 Å². The van der Waals surface area contributed by atoms with Crippen LogP contribution in [0.25, 0.3) is 0 Å². The lowest BCUT2D eigenvalue weighted by Crippen LogP contribution is -2.52. The molecule has 3 aromatic carbocycles. The number of sulfonamides is 1. The van der Waals surface area contributed by atoms with Gasteiger partial charge in [0.05, 0.1) is 31.4 Å². The van der Waals surface area contributed by atoms with Crippen LogP contribution in [0.4, 0.5) is 5.69 Å². The first kappa shape index (κ1) is 34.8. The lowest BCUT2D eigenvalue weighted by molar-refractivity contribution is -0.139. The predicted octanol–water partition coefficient (Wildman–Crippen LogP) is 5.55. The summed E-state index contributed by atoms with van der Waals surface area (Å²) in [4.78, 5) is 28.4. The average Bonchev–Trinajstić information content (AvgIpc) is 2.98. The third-order valence-electron chi connectivity index (χ3n) is 6.61. The monoisotopic (exact) mass is 665 g/mol. The highest BCUT2D eigenvalue weighted by Crippen LogP contribution is 2.33. The maximum absolute atomic E-state index is 14.2. The number of hydrogen-bond acceptors (Lipinski definition) is 7. The number of anilines is 1. The van der Waals surface area contributed by atoms with Crippen LogP contribution >= 0.6 is 23.2 Å². The van der Waals surface area contributed by atoms with Crippen LogP contribution in [0.1, 0.15) is 33.3 Å². The maximum Gasteiger partial charge on any atom is 0.264 e. The van der Waals surface area contributed by atoms with Crippen molar-refractivity contribution < 1.29 is 32.2 Å². The largest absolute Gasteiger partial charge is 0.494 e. The predicted molar refractivity (Wildman–Crippen MR) is 171 cm³/mol. The first-order valence-electron chi connectivity index (χ1n) is 13.8. The number of benzene rings is 3. The Bertz CT molecular complexity index is 1570. The second-order valence-electron chi connectivity index (χ2n) is 10.1. The van der Waals surface area contributed by atoms with Crippen molar-refractivity contribution in [3.8, 4) is 17.2 Å². The van der Waals surface area contributed by atoms with Crippen molar-refractivity contribution in [1.29, 1.82) is 0 Å². The Morgan fingerprint density at radius 2 is 1.57 bits per heavy atom. The molecule has 0 aliphatic heterocycles. The van der Waals surface area contributed by atoms with Gasteiger partial charge in [0, 0.05) is 28.7 Å². The van der Waals surface area contributed by atoms with Gasteiger partial charge in [0.15, 0.2) is 11.5 Å². The number of halogens is 2. The Kier molecular flexibility index (Phi) is 12.2. The first-order chi connectivity index (χ1) is 20.8. The third-order valence-corrected chi connectivity index (χ3v) is 8.97. The SMILES string of the molecule is CCOc1ccc(N(CC(=O)N(Cc2ccc(Cl)cc2Cl)C(C)C(=O)NC(C)C)S(=O)(=O)c2ccc(OC)c(OC)c2)cc1. The summed E-state index contributed by atoms with van der Waals surface area (Å²) in [5.74, 6) is 0.0221. The molecule has 13 heteroatoms. The molecule has 10 nitrogen and oxygen atoms in total. The molecule has 0 spiro atoms. The highest BCUT2D eigenvalue weighted by atomic mass is 35.5. The molecule has 0 bridgehead atoms. The summed E-state index contributed by atoms with van der Waals surface area (Å²) in [7, 11) is -1.52. The summed E-state index contributed by atoms with van der Waals surface area (Å²) in [6, 6.07) is 14.1. The third kappa shape index (κ3) is 8.49. The van der Waals surface area contributed by atoms with Crippen LogP contribution in [0.3, 0.4) is 0 Å². The quantitative estimate of drug-likeness (QED) is 0.240. The summed E-state index contributed by atoms with van der Waals surface area (Å²) >= 11 is 12.5. The number of carbonyl (C=O) groups is 2. The Hall–Kier alpha value is -3.67. The summed E-state index contributed by atoms with van der Waals surface area (Å²) < 4.78 is 45.5. The van der Waals surface area contributed by atoms with E-state index in [0.29, 0.717) is 33.7 Å². The zero-order valence-electron chi connectivity index (χ0n) is 25.5. The van der Waals surface area contributed by atoms with E-state index in [1.165, 1.54) is 43.4 Å². The highest BCUT2D eigenvalue weighted by molar-refractivity contribution is 7.92. The Labute approximate surface area is 268 Å². The molecule has 3 rings (SSSR count). The maximum atomic E-state index is 14.2. The molecule has 0 fully saturated rings. The van der Waals surface area contributed by atoms with Gasteiger partial charge >= 0.3 is 0 Å². The molecule has 1 atom stereocenters. The van der Waals surface area contributed by atoms with Gasteiger partial charge in [-0.1, -0.05) is 29.3 Å². The van der Waals surface area contributed by atoms with E-state index in [4.69, 9.17) is 37.4 Å². The van der Waals surface area contributed by atoms with Gasteiger partial charge in [-0.2, -0.15) is 0 Å². The van der Waals surface area contributed by atoms with E-state index in [1.54, 1.807) is 57.2 Å². The van der Waals surface area contributed by atoms with E-state index in [2.05, 4.69) is 5.32 Å². The number of amides is 2. The lowest BCUT2D eigenvalue weighted by Gasteiger charge is -2.32. The van der Waals surface area contributed by atoms with Crippen LogP contribution in [0.2, 0.25) is 10.0 Å². The molecule has 44 heavy (non-hydrogen) atoms. The van der Waals surface area contributed by atoms with Crippen LogP contribution < -0.4 is 23.8 Å². The molecule has 238 valence electrons. The normalized spacial score (nSPS) is 11.9. The van der Waals surface area contributed by atoms with Crippen LogP contribution in [0.5, 0.6) is 17.2 Å². The molecule has 3 aromatic rings. The molecule has 0 aliphatic rings. The fourth-order valence-electron chi connectivity index (χ4n) is 4.33. The van der Waals surface area contributed by atoms with Crippen molar-refractivity contribution in [1.82, 2.24) is 10.2 Å². The van der Waals surface area contributed by atoms with Crippen molar-refractivity contribution in [2.75, 3.05) is 31.7 Å². The minimum atomic E-state index is -4.35. The molecule has 0 aromatic heterocycles. The molecule has 2 amide bonds. The molecule has 0 saturated carbocycles. The summed E-state index contributed by atoms with van der Waals surface area (Å²) in [6.45, 7) is 6.72. The summed E-state index contributed by atoms with van der Waals surface area (Å²) in [5.41, 5.74) is 0.740. The van der Waals surface area contributed by atoms with E-state index in [-0.39, 0.29) is 28.9 Å². The van der Waals surface area contributed by atoms with Crippen molar-refractivity contribution in [2.24, 2.45) is 0 Å². The molecular weight excluding hydrogens is 629 g/mol. The second kappa shape index (κ2) is 15.4. The van der Waals surface area contributed by atoms with Crippen LogP contribution in [0.15, 0.2) is 65.6 Å². The van der Waals surface area contributed by atoms with Crippen molar-refractivity contribution in [2.45, 2.75) is 51.2 Å². The van der Waals surface area contributed by atoms with E-state index >= 15 is 0 Å². The zero-order chi connectivity index (χ0) is 32.6. The lowest BCUT2D eigenvalue weighted by atomic mass is 10.1. The molecule has 1 N–H and O–H groups in total. The smallest absolute Gasteiger partial charge is 0.264 e. The van der Waals surface area contributed by atoms with E-state index in [9.17, 15) is 18.0 Å². The van der Waals surface area contributed by atoms with E-state index in [0.717, 1.165) is 4.31 Å². The van der Waals surface area contributed by atoms with Gasteiger partial charge in [-0.3, -0.25) is 13.9 Å². The number of hydrogen-bond donors (Lipinski definition) is 1. The van der Waals surface area contributed by atoms with Gasteiger partial charge in [0.1, 0.15) is 18.3 Å². The van der Waals surface area contributed by atoms with Crippen molar-refractivity contribution >= 4 is 50.7 Å². The number of ether oxygens (including phenoxy) is 3. The summed E-state index contributed by atoms with van der Waals surface area (Å²) in [5, 5.41) is 3.52. The molecular formula is C31H37Cl2N3O7S. The van der Waals surface area contributed by atoms with Gasteiger partial charge in [-0.25, -0.2) is 8.42 Å². The zero-order valence-corrected chi connectivity index (χ0v) is 27.8.